The number of nitrogens with two attached hydrogens (primary N) is 1. The fourth-order valence-corrected chi connectivity index (χ4v) is 1.67. The molecule has 0 heterocycles. The monoisotopic (exact) mass is 256 g/mol. The first-order valence-electron chi connectivity index (χ1n) is 5.56. The number of para-hydroxylation sites is 1. The van der Waals surface area contributed by atoms with E-state index in [-0.39, 0.29) is 5.11 Å². The fourth-order valence-electron chi connectivity index (χ4n) is 1.57. The average molecular weight is 256 g/mol. The van der Waals surface area contributed by atoms with Crippen LogP contribution in [0.15, 0.2) is 60.7 Å². The van der Waals surface area contributed by atoms with E-state index in [9.17, 15) is 0 Å². The summed E-state index contributed by atoms with van der Waals surface area (Å²) in [6.07, 6.45) is 0. The van der Waals surface area contributed by atoms with Crippen LogP contribution < -0.4 is 16.0 Å². The summed E-state index contributed by atoms with van der Waals surface area (Å²) < 4.78 is 0. The maximum atomic E-state index is 5.54. The van der Waals surface area contributed by atoms with E-state index in [2.05, 4.69) is 10.3 Å². The van der Waals surface area contributed by atoms with Gasteiger partial charge in [0.15, 0.2) is 0 Å². The molecule has 2 aromatic rings. The highest BCUT2D eigenvalue weighted by atomic mass is 32.1. The number of benzene rings is 2. The Morgan fingerprint density at radius 2 is 1.50 bits per heavy atom. The van der Waals surface area contributed by atoms with E-state index >= 15 is 0 Å². The van der Waals surface area contributed by atoms with Gasteiger partial charge in [0.05, 0.1) is 5.69 Å². The molecule has 0 aliphatic rings. The summed E-state index contributed by atoms with van der Waals surface area (Å²) >= 11 is 4.89. The van der Waals surface area contributed by atoms with Crippen LogP contribution in [0.4, 0.5) is 5.69 Å². The highest BCUT2D eigenvalue weighted by Crippen LogP contribution is 2.07. The lowest BCUT2D eigenvalue weighted by atomic mass is 10.2. The van der Waals surface area contributed by atoms with Gasteiger partial charge in [-0.3, -0.25) is 5.32 Å². The maximum absolute atomic E-state index is 5.54. The van der Waals surface area contributed by atoms with Crippen molar-refractivity contribution in [2.75, 3.05) is 5.32 Å². The van der Waals surface area contributed by atoms with Gasteiger partial charge in [-0.25, -0.2) is 4.99 Å². The molecule has 2 aromatic carbocycles. The normalized spacial score (nSPS) is 11.0. The molecule has 4 heteroatoms. The molecule has 0 radical (unpaired) electrons. The zero-order chi connectivity index (χ0) is 12.8. The second-order valence-electron chi connectivity index (χ2n) is 3.72. The second kappa shape index (κ2) is 5.93. The molecule has 0 aliphatic heterocycles. The Morgan fingerprint density at radius 1 is 0.944 bits per heavy atom. The third-order valence-corrected chi connectivity index (χ3v) is 2.46. The minimum absolute atomic E-state index is 0.234. The van der Waals surface area contributed by atoms with Gasteiger partial charge in [0, 0.05) is 5.56 Å². The number of hydrogen-bond acceptors (Lipinski definition) is 1. The molecule has 0 spiro atoms. The van der Waals surface area contributed by atoms with Gasteiger partial charge in [0.1, 0.15) is 0 Å². The van der Waals surface area contributed by atoms with E-state index in [1.165, 1.54) is 0 Å². The number of hydrogen-bond donors (Lipinski definition) is 3. The molecule has 0 unspecified atom stereocenters. The van der Waals surface area contributed by atoms with Crippen molar-refractivity contribution in [2.24, 2.45) is 5.73 Å². The Bertz CT molecular complexity index is 550. The zero-order valence-electron chi connectivity index (χ0n) is 9.76. The predicted octanol–water partition coefficient (Wildman–Crippen LogP) is 0.870. The van der Waals surface area contributed by atoms with Crippen LogP contribution in [0.25, 0.3) is 0 Å². The average Bonchev–Trinajstić information content (AvgIpc) is 2.40. The van der Waals surface area contributed by atoms with E-state index < -0.39 is 0 Å². The van der Waals surface area contributed by atoms with Gasteiger partial charge in [-0.15, -0.1) is 0 Å². The van der Waals surface area contributed by atoms with Crippen LogP contribution >= 0.6 is 12.2 Å². The summed E-state index contributed by atoms with van der Waals surface area (Å²) in [6.45, 7) is 0. The summed E-state index contributed by atoms with van der Waals surface area (Å²) in [5.41, 5.74) is 7.51. The second-order valence-corrected chi connectivity index (χ2v) is 4.16. The third kappa shape index (κ3) is 3.40. The summed E-state index contributed by atoms with van der Waals surface area (Å²) in [6, 6.07) is 19.7. The Morgan fingerprint density at radius 3 is 2.06 bits per heavy atom. The van der Waals surface area contributed by atoms with Crippen molar-refractivity contribution in [3.8, 4) is 0 Å². The van der Waals surface area contributed by atoms with E-state index in [4.69, 9.17) is 18.0 Å². The molecule has 0 fully saturated rings. The highest BCUT2D eigenvalue weighted by molar-refractivity contribution is 7.79. The van der Waals surface area contributed by atoms with Crippen LogP contribution in [0, 0.1) is 0 Å². The van der Waals surface area contributed by atoms with Crippen molar-refractivity contribution in [2.45, 2.75) is 0 Å². The first-order chi connectivity index (χ1) is 8.75. The molecule has 0 bridgehead atoms. The molecular weight excluding hydrogens is 242 g/mol. The molecule has 0 aromatic heterocycles. The molecule has 0 saturated carbocycles. The van der Waals surface area contributed by atoms with E-state index in [0.29, 0.717) is 0 Å². The smallest absolute Gasteiger partial charge is 0.285 e. The van der Waals surface area contributed by atoms with Crippen molar-refractivity contribution >= 4 is 28.9 Å². The summed E-state index contributed by atoms with van der Waals surface area (Å²) in [5, 5.41) is 3.50. The first kappa shape index (κ1) is 12.3. The largest absolute Gasteiger partial charge is 0.309 e. The van der Waals surface area contributed by atoms with Gasteiger partial charge in [-0.05, 0) is 36.5 Å². The van der Waals surface area contributed by atoms with Gasteiger partial charge < -0.3 is 5.73 Å². The van der Waals surface area contributed by atoms with Crippen LogP contribution in [0.2, 0.25) is 0 Å². The number of rotatable bonds is 2. The van der Waals surface area contributed by atoms with Crippen LogP contribution in [0.5, 0.6) is 0 Å². The Labute approximate surface area is 111 Å². The summed E-state index contributed by atoms with van der Waals surface area (Å²) in [7, 11) is 0. The SMILES string of the molecule is NC(=S)[NH+]=C(Nc1ccccc1)c1ccccc1. The van der Waals surface area contributed by atoms with Crippen LogP contribution in [-0.2, 0) is 0 Å². The highest BCUT2D eigenvalue weighted by Gasteiger charge is 2.08. The van der Waals surface area contributed by atoms with Crippen LogP contribution in [0.1, 0.15) is 5.56 Å². The summed E-state index contributed by atoms with van der Waals surface area (Å²) in [4.78, 5) is 2.96. The fraction of sp³-hybridized carbons (Fsp3) is 0. The van der Waals surface area contributed by atoms with Gasteiger partial charge in [-0.2, -0.15) is 0 Å². The van der Waals surface area contributed by atoms with E-state index in [1.54, 1.807) is 0 Å². The van der Waals surface area contributed by atoms with Crippen molar-refractivity contribution in [3.63, 3.8) is 0 Å². The molecule has 90 valence electrons. The summed E-state index contributed by atoms with van der Waals surface area (Å²) in [5.74, 6) is 0.773. The Kier molecular flexibility index (Phi) is 4.04. The first-order valence-corrected chi connectivity index (χ1v) is 5.97. The van der Waals surface area contributed by atoms with Crippen molar-refractivity contribution < 1.29 is 4.99 Å². The minimum atomic E-state index is 0.234. The number of anilines is 1. The molecule has 2 rings (SSSR count). The quantitative estimate of drug-likeness (QED) is 0.424. The lowest BCUT2D eigenvalue weighted by molar-refractivity contribution is -0.311. The van der Waals surface area contributed by atoms with Crippen LogP contribution in [-0.4, -0.2) is 10.9 Å². The Hall–Kier alpha value is -2.20. The lowest BCUT2D eigenvalue weighted by Crippen LogP contribution is -2.81. The molecule has 0 amide bonds. The van der Waals surface area contributed by atoms with Crippen LogP contribution in [0.3, 0.4) is 0 Å². The number of amidine groups is 1. The van der Waals surface area contributed by atoms with Gasteiger partial charge in [0.2, 0.25) is 5.84 Å². The molecule has 0 saturated heterocycles. The third-order valence-electron chi connectivity index (χ3n) is 2.35. The number of nitrogens with one attached hydrogen (secondary N) is 2. The standard InChI is InChI=1S/C14H13N3S/c15-14(18)17-13(11-7-3-1-4-8-11)16-12-9-5-2-6-10-12/h1-10H,(H3,15,16,17,18)/p+1. The zero-order valence-corrected chi connectivity index (χ0v) is 10.6. The van der Waals surface area contributed by atoms with Gasteiger partial charge in [0.25, 0.3) is 5.11 Å². The topological polar surface area (TPSA) is 52.0 Å². The molecule has 0 atom stereocenters. The molecular formula is C14H14N3S+. The predicted molar refractivity (Wildman–Crippen MR) is 78.4 cm³/mol. The maximum Gasteiger partial charge on any atom is 0.285 e. The van der Waals surface area contributed by atoms with Crippen molar-refractivity contribution in [1.82, 2.24) is 0 Å². The minimum Gasteiger partial charge on any atom is -0.309 e. The Balaban J connectivity index is 2.31. The number of thiocarbonyl (C=S) groups is 1. The lowest BCUT2D eigenvalue weighted by Gasteiger charge is -2.05. The van der Waals surface area contributed by atoms with E-state index in [1.807, 2.05) is 60.7 Å². The van der Waals surface area contributed by atoms with E-state index in [0.717, 1.165) is 17.1 Å². The van der Waals surface area contributed by atoms with Crippen molar-refractivity contribution in [3.05, 3.63) is 66.2 Å². The van der Waals surface area contributed by atoms with Gasteiger partial charge in [-0.1, -0.05) is 36.4 Å². The van der Waals surface area contributed by atoms with Crippen molar-refractivity contribution in [1.29, 1.82) is 0 Å². The molecule has 18 heavy (non-hydrogen) atoms. The molecule has 4 N–H and O–H groups in total. The van der Waals surface area contributed by atoms with Gasteiger partial charge >= 0.3 is 0 Å². The molecule has 3 nitrogen and oxygen atoms in total. The molecule has 0 aliphatic carbocycles.